The Morgan fingerprint density at radius 3 is 2.08 bits per heavy atom. The van der Waals surface area contributed by atoms with Gasteiger partial charge in [0.25, 0.3) is 0 Å². The zero-order valence-electron chi connectivity index (χ0n) is 14.9. The largest absolute Gasteiger partial charge is 0.497 e. The van der Waals surface area contributed by atoms with Crippen molar-refractivity contribution in [3.8, 4) is 16.9 Å². The van der Waals surface area contributed by atoms with E-state index in [1.165, 1.54) is 60.8 Å². The average Bonchev–Trinajstić information content (AvgIpc) is 2.67. The van der Waals surface area contributed by atoms with Gasteiger partial charge < -0.3 is 4.74 Å². The Morgan fingerprint density at radius 2 is 1.54 bits per heavy atom. The number of methoxy groups -OCH3 is 1. The minimum Gasteiger partial charge on any atom is -0.497 e. The summed E-state index contributed by atoms with van der Waals surface area (Å²) in [5, 5.41) is 0. The lowest BCUT2D eigenvalue weighted by atomic mass is 9.84. The molecule has 1 heteroatoms. The summed E-state index contributed by atoms with van der Waals surface area (Å²) in [5.41, 5.74) is 5.42. The second-order valence-electron chi connectivity index (χ2n) is 6.82. The molecule has 0 saturated heterocycles. The second-order valence-corrected chi connectivity index (χ2v) is 6.82. The molecule has 0 heterocycles. The molecule has 3 rings (SSSR count). The van der Waals surface area contributed by atoms with Gasteiger partial charge in [-0.2, -0.15) is 0 Å². The van der Waals surface area contributed by atoms with Crippen molar-refractivity contribution in [3.05, 3.63) is 60.2 Å². The molecule has 0 spiro atoms. The lowest BCUT2D eigenvalue weighted by Crippen LogP contribution is -2.05. The molecule has 1 nitrogen and oxygen atoms in total. The maximum absolute atomic E-state index is 5.23. The smallest absolute Gasteiger partial charge is 0.118 e. The van der Waals surface area contributed by atoms with Crippen LogP contribution in [0.4, 0.5) is 0 Å². The van der Waals surface area contributed by atoms with E-state index in [4.69, 9.17) is 4.74 Å². The normalized spacial score (nSPS) is 17.4. The van der Waals surface area contributed by atoms with E-state index in [0.29, 0.717) is 0 Å². The molecule has 2 aromatic carbocycles. The van der Waals surface area contributed by atoms with Gasteiger partial charge in [-0.3, -0.25) is 0 Å². The number of ether oxygens (including phenoxy) is 1. The molecule has 0 aliphatic heterocycles. The summed E-state index contributed by atoms with van der Waals surface area (Å²) in [6, 6.07) is 17.3. The molecule has 24 heavy (non-hydrogen) atoms. The average molecular weight is 320 g/mol. The van der Waals surface area contributed by atoms with E-state index in [0.717, 1.165) is 11.7 Å². The summed E-state index contributed by atoms with van der Waals surface area (Å²) in [5.74, 6) is 1.81. The number of rotatable bonds is 6. The lowest BCUT2D eigenvalue weighted by molar-refractivity contribution is 0.415. The standard InChI is InChI=1S/C23H28O/c1-3-4-5-18-6-8-19(9-7-18)20-10-12-21(13-11-20)22-14-16-23(24-2)17-15-22/h8,10-18H,3-7,9H2,1-2H3. The fourth-order valence-corrected chi connectivity index (χ4v) is 3.57. The highest BCUT2D eigenvalue weighted by molar-refractivity contribution is 5.71. The number of hydrogen-bond acceptors (Lipinski definition) is 1. The minimum atomic E-state index is 0.903. The van der Waals surface area contributed by atoms with Crippen molar-refractivity contribution < 1.29 is 4.74 Å². The molecule has 2 aromatic rings. The Kier molecular flexibility index (Phi) is 5.74. The molecule has 0 fully saturated rings. The maximum Gasteiger partial charge on any atom is 0.118 e. The Hall–Kier alpha value is -2.02. The summed E-state index contributed by atoms with van der Waals surface area (Å²) in [6.45, 7) is 2.29. The van der Waals surface area contributed by atoms with Crippen molar-refractivity contribution in [1.82, 2.24) is 0 Å². The molecular weight excluding hydrogens is 292 g/mol. The van der Waals surface area contributed by atoms with E-state index < -0.39 is 0 Å². The van der Waals surface area contributed by atoms with E-state index in [-0.39, 0.29) is 0 Å². The topological polar surface area (TPSA) is 9.23 Å². The van der Waals surface area contributed by atoms with Gasteiger partial charge in [0.15, 0.2) is 0 Å². The monoisotopic (exact) mass is 320 g/mol. The van der Waals surface area contributed by atoms with Crippen molar-refractivity contribution in [3.63, 3.8) is 0 Å². The molecular formula is C23H28O. The van der Waals surface area contributed by atoms with E-state index in [1.807, 2.05) is 12.1 Å². The molecule has 1 aliphatic carbocycles. The van der Waals surface area contributed by atoms with Gasteiger partial charge in [0, 0.05) is 0 Å². The summed E-state index contributed by atoms with van der Waals surface area (Å²) in [6.07, 6.45) is 10.4. The summed E-state index contributed by atoms with van der Waals surface area (Å²) in [4.78, 5) is 0. The van der Waals surface area contributed by atoms with Crippen molar-refractivity contribution in [2.45, 2.75) is 45.4 Å². The van der Waals surface area contributed by atoms with Crippen LogP contribution in [0.25, 0.3) is 16.7 Å². The molecule has 0 N–H and O–H groups in total. The van der Waals surface area contributed by atoms with Gasteiger partial charge in [0.2, 0.25) is 0 Å². The molecule has 126 valence electrons. The molecule has 0 bridgehead atoms. The number of unbranched alkanes of at least 4 members (excludes halogenated alkanes) is 1. The van der Waals surface area contributed by atoms with Crippen molar-refractivity contribution in [2.75, 3.05) is 7.11 Å². The maximum atomic E-state index is 5.23. The van der Waals surface area contributed by atoms with Crippen molar-refractivity contribution in [2.24, 2.45) is 5.92 Å². The first-order chi connectivity index (χ1) is 11.8. The minimum absolute atomic E-state index is 0.903. The van der Waals surface area contributed by atoms with E-state index in [1.54, 1.807) is 7.11 Å². The summed E-state index contributed by atoms with van der Waals surface area (Å²) in [7, 11) is 1.70. The number of allylic oxidation sites excluding steroid dienone is 2. The van der Waals surface area contributed by atoms with E-state index in [2.05, 4.69) is 49.4 Å². The summed E-state index contributed by atoms with van der Waals surface area (Å²) < 4.78 is 5.23. The van der Waals surface area contributed by atoms with Crippen molar-refractivity contribution >= 4 is 5.57 Å². The number of hydrogen-bond donors (Lipinski definition) is 0. The molecule has 0 aromatic heterocycles. The molecule has 1 atom stereocenters. The fourth-order valence-electron chi connectivity index (χ4n) is 3.57. The third-order valence-electron chi connectivity index (χ3n) is 5.16. The van der Waals surface area contributed by atoms with Gasteiger partial charge >= 0.3 is 0 Å². The van der Waals surface area contributed by atoms with Gasteiger partial charge in [-0.1, -0.05) is 68.7 Å². The van der Waals surface area contributed by atoms with Gasteiger partial charge in [0.05, 0.1) is 7.11 Å². The molecule has 0 saturated carbocycles. The van der Waals surface area contributed by atoms with Crippen LogP contribution in [0.5, 0.6) is 5.75 Å². The quantitative estimate of drug-likeness (QED) is 0.573. The Labute approximate surface area is 146 Å². The number of benzene rings is 2. The molecule has 0 radical (unpaired) electrons. The third-order valence-corrected chi connectivity index (χ3v) is 5.16. The van der Waals surface area contributed by atoms with Crippen molar-refractivity contribution in [1.29, 1.82) is 0 Å². The van der Waals surface area contributed by atoms with Crippen LogP contribution >= 0.6 is 0 Å². The highest BCUT2D eigenvalue weighted by atomic mass is 16.5. The Bertz CT molecular complexity index is 664. The highest BCUT2D eigenvalue weighted by Crippen LogP contribution is 2.33. The first-order valence-corrected chi connectivity index (χ1v) is 9.24. The van der Waals surface area contributed by atoms with Gasteiger partial charge in [-0.05, 0) is 59.6 Å². The lowest BCUT2D eigenvalue weighted by Gasteiger charge is -2.22. The second kappa shape index (κ2) is 8.19. The van der Waals surface area contributed by atoms with Crippen LogP contribution in [0, 0.1) is 5.92 Å². The van der Waals surface area contributed by atoms with Crippen LogP contribution in [-0.2, 0) is 0 Å². The predicted molar refractivity (Wildman–Crippen MR) is 103 cm³/mol. The first-order valence-electron chi connectivity index (χ1n) is 9.24. The van der Waals surface area contributed by atoms with Crippen LogP contribution in [-0.4, -0.2) is 7.11 Å². The molecule has 1 aliphatic rings. The zero-order chi connectivity index (χ0) is 16.8. The SMILES string of the molecule is CCCCC1CC=C(c2ccc(-c3ccc(OC)cc3)cc2)CC1. The van der Waals surface area contributed by atoms with E-state index in [9.17, 15) is 0 Å². The first kappa shape index (κ1) is 16.8. The van der Waals surface area contributed by atoms with Crippen LogP contribution in [0.15, 0.2) is 54.6 Å². The van der Waals surface area contributed by atoms with Crippen LogP contribution in [0.1, 0.15) is 51.0 Å². The Balaban J connectivity index is 1.67. The molecule has 0 amide bonds. The van der Waals surface area contributed by atoms with Gasteiger partial charge in [-0.25, -0.2) is 0 Å². The predicted octanol–water partition coefficient (Wildman–Crippen LogP) is 6.74. The van der Waals surface area contributed by atoms with Gasteiger partial charge in [0.1, 0.15) is 5.75 Å². The van der Waals surface area contributed by atoms with Gasteiger partial charge in [-0.15, -0.1) is 0 Å². The zero-order valence-corrected chi connectivity index (χ0v) is 14.9. The molecule has 1 unspecified atom stereocenters. The fraction of sp³-hybridized carbons (Fsp3) is 0.391. The third kappa shape index (κ3) is 4.08. The van der Waals surface area contributed by atoms with Crippen LogP contribution in [0.3, 0.4) is 0 Å². The summed E-state index contributed by atoms with van der Waals surface area (Å²) >= 11 is 0. The Morgan fingerprint density at radius 1 is 0.917 bits per heavy atom. The van der Waals surface area contributed by atoms with E-state index >= 15 is 0 Å². The van der Waals surface area contributed by atoms with Crippen LogP contribution < -0.4 is 4.74 Å². The highest BCUT2D eigenvalue weighted by Gasteiger charge is 2.15. The van der Waals surface area contributed by atoms with Crippen LogP contribution in [0.2, 0.25) is 0 Å².